The van der Waals surface area contributed by atoms with Crippen LogP contribution < -0.4 is 16.6 Å². The maximum atomic E-state index is 11.8. The topological polar surface area (TPSA) is 101 Å². The molecule has 0 spiro atoms. The molecule has 6 heteroatoms. The molecule has 0 radical (unpaired) electrons. The summed E-state index contributed by atoms with van der Waals surface area (Å²) in [6.45, 7) is 1.02. The van der Waals surface area contributed by atoms with Gasteiger partial charge in [0.2, 0.25) is 0 Å². The Labute approximate surface area is 116 Å². The van der Waals surface area contributed by atoms with Crippen LogP contribution in [0.25, 0.3) is 0 Å². The third kappa shape index (κ3) is 3.76. The highest BCUT2D eigenvalue weighted by Gasteiger charge is 2.06. The van der Waals surface area contributed by atoms with Gasteiger partial charge in [0.25, 0.3) is 11.5 Å². The van der Waals surface area contributed by atoms with E-state index in [1.807, 2.05) is 24.3 Å². The molecule has 104 valence electrons. The Balaban J connectivity index is 1.92. The zero-order valence-electron chi connectivity index (χ0n) is 10.9. The first-order valence-corrected chi connectivity index (χ1v) is 6.30. The Morgan fingerprint density at radius 2 is 1.95 bits per heavy atom. The molecule has 1 aromatic carbocycles. The molecule has 0 atom stereocenters. The van der Waals surface area contributed by atoms with Crippen LogP contribution in [0.2, 0.25) is 0 Å². The fourth-order valence-electron chi connectivity index (χ4n) is 1.73. The smallest absolute Gasteiger partial charge is 0.271 e. The van der Waals surface area contributed by atoms with Crippen molar-refractivity contribution in [2.24, 2.45) is 5.73 Å². The van der Waals surface area contributed by atoms with Gasteiger partial charge in [-0.15, -0.1) is 0 Å². The molecule has 2 rings (SSSR count). The van der Waals surface area contributed by atoms with Crippen molar-refractivity contribution in [3.8, 4) is 0 Å². The number of carbonyl (C=O) groups is 1. The van der Waals surface area contributed by atoms with Crippen molar-refractivity contribution in [1.29, 1.82) is 0 Å². The Bertz CT molecular complexity index is 614. The average molecular weight is 272 g/mol. The van der Waals surface area contributed by atoms with Gasteiger partial charge in [0, 0.05) is 12.7 Å². The second-order valence-electron chi connectivity index (χ2n) is 4.33. The molecule has 0 bridgehead atoms. The van der Waals surface area contributed by atoms with Gasteiger partial charge in [-0.05, 0) is 24.1 Å². The molecule has 20 heavy (non-hydrogen) atoms. The third-order valence-electron chi connectivity index (χ3n) is 2.81. The summed E-state index contributed by atoms with van der Waals surface area (Å²) in [6, 6.07) is 7.89. The van der Waals surface area contributed by atoms with Crippen LogP contribution in [0.5, 0.6) is 0 Å². The fourth-order valence-corrected chi connectivity index (χ4v) is 1.73. The van der Waals surface area contributed by atoms with Gasteiger partial charge >= 0.3 is 0 Å². The number of H-pyrrole nitrogens is 1. The first-order valence-electron chi connectivity index (χ1n) is 6.30. The van der Waals surface area contributed by atoms with E-state index in [4.69, 9.17) is 5.73 Å². The number of carbonyl (C=O) groups excluding carboxylic acids is 1. The quantitative estimate of drug-likeness (QED) is 0.723. The summed E-state index contributed by atoms with van der Waals surface area (Å²) in [5.41, 5.74) is 7.49. The van der Waals surface area contributed by atoms with Crippen molar-refractivity contribution in [3.63, 3.8) is 0 Å². The lowest BCUT2D eigenvalue weighted by atomic mass is 10.1. The van der Waals surface area contributed by atoms with Gasteiger partial charge in [0.1, 0.15) is 5.69 Å². The molecule has 0 saturated carbocycles. The zero-order valence-corrected chi connectivity index (χ0v) is 10.9. The van der Waals surface area contributed by atoms with Gasteiger partial charge in [-0.25, -0.2) is 4.98 Å². The average Bonchev–Trinajstić information content (AvgIpc) is 2.47. The number of nitrogens with zero attached hydrogens (tertiary/aromatic N) is 1. The summed E-state index contributed by atoms with van der Waals surface area (Å²) in [5.74, 6) is -0.327. The molecule has 1 amide bonds. The monoisotopic (exact) mass is 272 g/mol. The lowest BCUT2D eigenvalue weighted by molar-refractivity contribution is 0.0945. The van der Waals surface area contributed by atoms with Gasteiger partial charge in [0.15, 0.2) is 0 Å². The molecular weight excluding hydrogens is 256 g/mol. The van der Waals surface area contributed by atoms with Gasteiger partial charge in [-0.1, -0.05) is 24.3 Å². The van der Waals surface area contributed by atoms with Crippen molar-refractivity contribution >= 4 is 5.91 Å². The van der Waals surface area contributed by atoms with Crippen LogP contribution in [0, 0.1) is 0 Å². The van der Waals surface area contributed by atoms with Crippen LogP contribution in [0.4, 0.5) is 0 Å². The van der Waals surface area contributed by atoms with Crippen molar-refractivity contribution in [3.05, 3.63) is 63.8 Å². The summed E-state index contributed by atoms with van der Waals surface area (Å²) in [4.78, 5) is 28.8. The van der Waals surface area contributed by atoms with Crippen molar-refractivity contribution in [2.45, 2.75) is 13.0 Å². The Morgan fingerprint density at radius 3 is 2.55 bits per heavy atom. The molecule has 0 unspecified atom stereocenters. The van der Waals surface area contributed by atoms with Crippen molar-refractivity contribution in [2.75, 3.05) is 6.54 Å². The van der Waals surface area contributed by atoms with E-state index in [1.54, 1.807) is 0 Å². The molecule has 2 aromatic rings. The lowest BCUT2D eigenvalue weighted by Gasteiger charge is -2.05. The Kier molecular flexibility index (Phi) is 4.62. The van der Waals surface area contributed by atoms with E-state index in [2.05, 4.69) is 15.3 Å². The maximum Gasteiger partial charge on any atom is 0.271 e. The number of aromatic nitrogens is 2. The molecule has 1 aromatic heterocycles. The third-order valence-corrected chi connectivity index (χ3v) is 2.81. The number of benzene rings is 1. The molecular formula is C14H16N4O2. The number of nitrogens with one attached hydrogen (secondary N) is 2. The van der Waals surface area contributed by atoms with Gasteiger partial charge in [-0.2, -0.15) is 0 Å². The minimum absolute atomic E-state index is 0.185. The van der Waals surface area contributed by atoms with Gasteiger partial charge in [-0.3, -0.25) is 9.59 Å². The molecule has 4 N–H and O–H groups in total. The minimum Gasteiger partial charge on any atom is -0.347 e. The summed E-state index contributed by atoms with van der Waals surface area (Å²) >= 11 is 0. The van der Waals surface area contributed by atoms with E-state index in [1.165, 1.54) is 11.8 Å². The molecule has 1 heterocycles. The minimum atomic E-state index is -0.336. The largest absolute Gasteiger partial charge is 0.347 e. The highest BCUT2D eigenvalue weighted by molar-refractivity contribution is 5.91. The molecule has 0 aliphatic heterocycles. The van der Waals surface area contributed by atoms with E-state index >= 15 is 0 Å². The van der Waals surface area contributed by atoms with Gasteiger partial charge < -0.3 is 16.0 Å². The summed E-state index contributed by atoms with van der Waals surface area (Å²) < 4.78 is 0. The number of hydrogen-bond acceptors (Lipinski definition) is 4. The van der Waals surface area contributed by atoms with Crippen LogP contribution in [0.1, 0.15) is 21.6 Å². The van der Waals surface area contributed by atoms with Crippen molar-refractivity contribution < 1.29 is 4.79 Å². The van der Waals surface area contributed by atoms with E-state index in [0.717, 1.165) is 18.2 Å². The number of hydrogen-bond donors (Lipinski definition) is 3. The molecule has 6 nitrogen and oxygen atoms in total. The van der Waals surface area contributed by atoms with E-state index in [9.17, 15) is 9.59 Å². The first kappa shape index (κ1) is 14.0. The molecule has 0 saturated heterocycles. The zero-order chi connectivity index (χ0) is 14.4. The van der Waals surface area contributed by atoms with Crippen molar-refractivity contribution in [1.82, 2.24) is 15.3 Å². The second-order valence-corrected chi connectivity index (χ2v) is 4.33. The van der Waals surface area contributed by atoms with Crippen LogP contribution in [-0.4, -0.2) is 22.4 Å². The second kappa shape index (κ2) is 6.63. The number of amides is 1. The molecule has 0 fully saturated rings. The van der Waals surface area contributed by atoms with E-state index in [-0.39, 0.29) is 17.2 Å². The number of aromatic amines is 1. The highest BCUT2D eigenvalue weighted by atomic mass is 16.2. The Morgan fingerprint density at radius 1 is 1.25 bits per heavy atom. The molecule has 0 aliphatic carbocycles. The maximum absolute atomic E-state index is 11.8. The van der Waals surface area contributed by atoms with E-state index < -0.39 is 0 Å². The summed E-state index contributed by atoms with van der Waals surface area (Å²) in [6.07, 6.45) is 3.21. The SMILES string of the molecule is NCCc1ccc(CNC(=O)c2c[nH]c(=O)cn2)cc1. The normalized spacial score (nSPS) is 10.2. The highest BCUT2D eigenvalue weighted by Crippen LogP contribution is 2.04. The van der Waals surface area contributed by atoms with E-state index in [0.29, 0.717) is 13.1 Å². The number of rotatable bonds is 5. The van der Waals surface area contributed by atoms with Crippen LogP contribution in [0.3, 0.4) is 0 Å². The van der Waals surface area contributed by atoms with Crippen LogP contribution in [-0.2, 0) is 13.0 Å². The fraction of sp³-hybridized carbons (Fsp3) is 0.214. The molecule has 0 aliphatic rings. The standard InChI is InChI=1S/C14H16N4O2/c15-6-5-10-1-3-11(4-2-10)7-18-14(20)12-8-17-13(19)9-16-12/h1-4,8-9H,5-7,15H2,(H,17,19)(H,18,20). The lowest BCUT2D eigenvalue weighted by Crippen LogP contribution is -2.25. The predicted octanol–water partition coefficient (Wildman–Crippen LogP) is 0.201. The Hall–Kier alpha value is -2.47. The first-order chi connectivity index (χ1) is 9.69. The summed E-state index contributed by atoms with van der Waals surface area (Å²) in [5, 5.41) is 2.74. The van der Waals surface area contributed by atoms with Crippen LogP contribution >= 0.6 is 0 Å². The summed E-state index contributed by atoms with van der Waals surface area (Å²) in [7, 11) is 0. The predicted molar refractivity (Wildman–Crippen MR) is 75.2 cm³/mol. The van der Waals surface area contributed by atoms with Gasteiger partial charge in [0.05, 0.1) is 6.20 Å². The number of nitrogens with two attached hydrogens (primary N) is 1. The van der Waals surface area contributed by atoms with Crippen LogP contribution in [0.15, 0.2) is 41.5 Å².